The highest BCUT2D eigenvalue weighted by Crippen LogP contribution is 2.20. The van der Waals surface area contributed by atoms with Crippen LogP contribution in [0.2, 0.25) is 0 Å². The van der Waals surface area contributed by atoms with E-state index < -0.39 is 12.0 Å². The lowest BCUT2D eigenvalue weighted by Gasteiger charge is -2.32. The van der Waals surface area contributed by atoms with Crippen LogP contribution in [0, 0.1) is 12.7 Å². The van der Waals surface area contributed by atoms with Gasteiger partial charge in [0.15, 0.2) is 0 Å². The summed E-state index contributed by atoms with van der Waals surface area (Å²) in [4.78, 5) is 13.5. The third-order valence-electron chi connectivity index (χ3n) is 4.54. The lowest BCUT2D eigenvalue weighted by atomic mass is 10.1. The van der Waals surface area contributed by atoms with Gasteiger partial charge in [-0.2, -0.15) is 5.10 Å². The van der Waals surface area contributed by atoms with Crippen molar-refractivity contribution in [3.8, 4) is 5.69 Å². The van der Waals surface area contributed by atoms with Gasteiger partial charge in [0.1, 0.15) is 23.5 Å². The highest BCUT2D eigenvalue weighted by Gasteiger charge is 2.33. The highest BCUT2D eigenvalue weighted by molar-refractivity contribution is 5.73. The second-order valence-corrected chi connectivity index (χ2v) is 6.26. The summed E-state index contributed by atoms with van der Waals surface area (Å²) in [6.45, 7) is 2.88. The van der Waals surface area contributed by atoms with Crippen LogP contribution in [0.15, 0.2) is 36.5 Å². The molecule has 2 aromatic heterocycles. The summed E-state index contributed by atoms with van der Waals surface area (Å²) in [6, 6.07) is 7.17. The van der Waals surface area contributed by atoms with Gasteiger partial charge in [0.05, 0.1) is 24.5 Å². The quantitative estimate of drug-likeness (QED) is 0.760. The molecule has 4 rings (SSSR count). The van der Waals surface area contributed by atoms with Gasteiger partial charge < -0.3 is 9.67 Å². The number of carbonyl (C=O) groups is 1. The van der Waals surface area contributed by atoms with E-state index in [2.05, 4.69) is 15.3 Å². The summed E-state index contributed by atoms with van der Waals surface area (Å²) in [5.74, 6) is 0.268. The monoisotopic (exact) mass is 356 g/mol. The molecule has 3 heterocycles. The minimum Gasteiger partial charge on any atom is -0.480 e. The Labute approximate surface area is 148 Å². The van der Waals surface area contributed by atoms with E-state index >= 15 is 0 Å². The van der Waals surface area contributed by atoms with Crippen LogP contribution < -0.4 is 0 Å². The maximum atomic E-state index is 13.1. The third-order valence-corrected chi connectivity index (χ3v) is 4.54. The van der Waals surface area contributed by atoms with Crippen LogP contribution in [-0.4, -0.2) is 46.6 Å². The van der Waals surface area contributed by atoms with Crippen LogP contribution in [-0.2, 0) is 24.4 Å². The number of fused-ring (bicyclic) bond motifs is 1. The van der Waals surface area contributed by atoms with E-state index in [1.54, 1.807) is 23.0 Å². The Morgan fingerprint density at radius 3 is 2.77 bits per heavy atom. The molecular weight excluding hydrogens is 339 g/mol. The minimum atomic E-state index is -0.887. The maximum absolute atomic E-state index is 13.1. The van der Waals surface area contributed by atoms with Crippen molar-refractivity contribution in [1.29, 1.82) is 0 Å². The molecule has 0 saturated carbocycles. The molecule has 1 aliphatic heterocycles. The molecule has 0 bridgehead atoms. The SMILES string of the molecule is Cc1nnc2n1CC(C(=O)O)N(Cc1ccn(-c3ccc(F)cc3)n1)C2. The second kappa shape index (κ2) is 6.34. The number of hydrogen-bond donors (Lipinski definition) is 1. The number of aryl methyl sites for hydroxylation is 1. The summed E-state index contributed by atoms with van der Waals surface area (Å²) in [6.07, 6.45) is 1.77. The summed E-state index contributed by atoms with van der Waals surface area (Å²) < 4.78 is 16.5. The Bertz CT molecular complexity index is 949. The number of aromatic nitrogens is 5. The maximum Gasteiger partial charge on any atom is 0.322 e. The zero-order chi connectivity index (χ0) is 18.3. The Morgan fingerprint density at radius 2 is 2.04 bits per heavy atom. The first-order valence-corrected chi connectivity index (χ1v) is 8.17. The minimum absolute atomic E-state index is 0.307. The predicted octanol–water partition coefficient (Wildman–Crippen LogP) is 1.38. The Kier molecular flexibility index (Phi) is 4.00. The zero-order valence-corrected chi connectivity index (χ0v) is 14.1. The van der Waals surface area contributed by atoms with Crippen molar-refractivity contribution in [2.24, 2.45) is 0 Å². The van der Waals surface area contributed by atoms with E-state index in [1.165, 1.54) is 12.1 Å². The second-order valence-electron chi connectivity index (χ2n) is 6.26. The number of nitrogens with zero attached hydrogens (tertiary/aromatic N) is 6. The lowest BCUT2D eigenvalue weighted by Crippen LogP contribution is -2.47. The zero-order valence-electron chi connectivity index (χ0n) is 14.1. The van der Waals surface area contributed by atoms with Crippen LogP contribution in [0.4, 0.5) is 4.39 Å². The molecule has 26 heavy (non-hydrogen) atoms. The summed E-state index contributed by atoms with van der Waals surface area (Å²) in [5.41, 5.74) is 1.46. The summed E-state index contributed by atoms with van der Waals surface area (Å²) >= 11 is 0. The standard InChI is InChI=1S/C17H17FN6O2/c1-11-19-20-16-10-22(15(17(25)26)9-23(11)16)8-13-6-7-24(21-13)14-4-2-12(18)3-5-14/h2-7,15H,8-10H2,1H3,(H,25,26). The fraction of sp³-hybridized carbons (Fsp3) is 0.294. The van der Waals surface area contributed by atoms with Crippen LogP contribution >= 0.6 is 0 Å². The molecule has 0 saturated heterocycles. The molecule has 0 fully saturated rings. The van der Waals surface area contributed by atoms with Crippen molar-refractivity contribution < 1.29 is 14.3 Å². The molecule has 0 aliphatic carbocycles. The topological polar surface area (TPSA) is 89.1 Å². The van der Waals surface area contributed by atoms with Gasteiger partial charge in [-0.15, -0.1) is 10.2 Å². The molecule has 134 valence electrons. The van der Waals surface area contributed by atoms with Gasteiger partial charge in [-0.3, -0.25) is 9.69 Å². The van der Waals surface area contributed by atoms with E-state index in [0.29, 0.717) is 25.5 Å². The fourth-order valence-electron chi connectivity index (χ4n) is 3.15. The Morgan fingerprint density at radius 1 is 1.27 bits per heavy atom. The molecule has 1 aliphatic rings. The average molecular weight is 356 g/mol. The van der Waals surface area contributed by atoms with Crippen molar-refractivity contribution in [1.82, 2.24) is 29.4 Å². The molecule has 0 amide bonds. The third kappa shape index (κ3) is 2.97. The molecule has 8 nitrogen and oxygen atoms in total. The molecule has 1 N–H and O–H groups in total. The molecule has 0 spiro atoms. The first-order valence-electron chi connectivity index (χ1n) is 8.17. The number of aliphatic carboxylic acids is 1. The predicted molar refractivity (Wildman–Crippen MR) is 89.0 cm³/mol. The van der Waals surface area contributed by atoms with E-state index in [9.17, 15) is 14.3 Å². The van der Waals surface area contributed by atoms with Crippen molar-refractivity contribution in [2.45, 2.75) is 32.6 Å². The number of carboxylic acids is 1. The van der Waals surface area contributed by atoms with Crippen molar-refractivity contribution >= 4 is 5.97 Å². The van der Waals surface area contributed by atoms with E-state index in [1.807, 2.05) is 22.5 Å². The first kappa shape index (κ1) is 16.4. The van der Waals surface area contributed by atoms with Crippen molar-refractivity contribution in [3.63, 3.8) is 0 Å². The van der Waals surface area contributed by atoms with Gasteiger partial charge in [0, 0.05) is 12.7 Å². The average Bonchev–Trinajstić information content (AvgIpc) is 3.22. The Balaban J connectivity index is 1.56. The number of halogens is 1. The van der Waals surface area contributed by atoms with Gasteiger partial charge in [0.25, 0.3) is 0 Å². The van der Waals surface area contributed by atoms with Gasteiger partial charge in [-0.05, 0) is 37.3 Å². The number of benzene rings is 1. The summed E-state index contributed by atoms with van der Waals surface area (Å²) in [7, 11) is 0. The fourth-order valence-corrected chi connectivity index (χ4v) is 3.15. The number of hydrogen-bond acceptors (Lipinski definition) is 5. The van der Waals surface area contributed by atoms with Crippen molar-refractivity contribution in [3.05, 3.63) is 59.7 Å². The molecule has 3 aromatic rings. The van der Waals surface area contributed by atoms with Crippen LogP contribution in [0.5, 0.6) is 0 Å². The number of carboxylic acid groups (broad SMARTS) is 1. The van der Waals surface area contributed by atoms with Crippen molar-refractivity contribution in [2.75, 3.05) is 0 Å². The Hall–Kier alpha value is -3.07. The van der Waals surface area contributed by atoms with Gasteiger partial charge in [-0.1, -0.05) is 0 Å². The van der Waals surface area contributed by atoms with Crippen LogP contribution in [0.3, 0.4) is 0 Å². The van der Waals surface area contributed by atoms with E-state index in [-0.39, 0.29) is 5.82 Å². The molecule has 1 atom stereocenters. The molecule has 0 radical (unpaired) electrons. The van der Waals surface area contributed by atoms with Gasteiger partial charge in [0.2, 0.25) is 0 Å². The highest BCUT2D eigenvalue weighted by atomic mass is 19.1. The van der Waals surface area contributed by atoms with E-state index in [0.717, 1.165) is 17.2 Å². The normalized spacial score (nSPS) is 17.2. The molecule has 1 unspecified atom stereocenters. The van der Waals surface area contributed by atoms with Crippen LogP contribution in [0.1, 0.15) is 17.3 Å². The molecular formula is C17H17FN6O2. The smallest absolute Gasteiger partial charge is 0.322 e. The van der Waals surface area contributed by atoms with Gasteiger partial charge >= 0.3 is 5.97 Å². The molecule has 9 heteroatoms. The number of rotatable bonds is 4. The molecule has 1 aromatic carbocycles. The lowest BCUT2D eigenvalue weighted by molar-refractivity contribution is -0.145. The first-order chi connectivity index (χ1) is 12.5. The van der Waals surface area contributed by atoms with E-state index in [4.69, 9.17) is 0 Å². The van der Waals surface area contributed by atoms with Crippen LogP contribution in [0.25, 0.3) is 5.69 Å². The largest absolute Gasteiger partial charge is 0.480 e. The summed E-state index contributed by atoms with van der Waals surface area (Å²) in [5, 5.41) is 22.2. The van der Waals surface area contributed by atoms with Gasteiger partial charge in [-0.25, -0.2) is 9.07 Å².